The lowest BCUT2D eigenvalue weighted by atomic mass is 10.0. The zero-order chi connectivity index (χ0) is 35.5. The lowest BCUT2D eigenvalue weighted by Crippen LogP contribution is -2.29. The van der Waals surface area contributed by atoms with Crippen LogP contribution in [-0.2, 0) is 21.5 Å². The number of anilines is 1. The molecule has 8 nitrogen and oxygen atoms in total. The first-order valence-corrected chi connectivity index (χ1v) is 17.6. The number of halogens is 5. The zero-order valence-corrected chi connectivity index (χ0v) is 28.5. The largest absolute Gasteiger partial charge is 0.494 e. The highest BCUT2D eigenvalue weighted by Gasteiger charge is 2.33. The van der Waals surface area contributed by atoms with Crippen molar-refractivity contribution < 1.29 is 31.1 Å². The predicted octanol–water partition coefficient (Wildman–Crippen LogP) is 8.64. The van der Waals surface area contributed by atoms with E-state index in [1.165, 1.54) is 0 Å². The molecular weight excluding hydrogens is 712 g/mol. The molecule has 14 heteroatoms. The second kappa shape index (κ2) is 14.6. The molecule has 4 aromatic carbocycles. The summed E-state index contributed by atoms with van der Waals surface area (Å²) >= 11 is 12.6. The number of carbonyl (C=O) groups is 1. The quantitative estimate of drug-likeness (QED) is 0.137. The van der Waals surface area contributed by atoms with Crippen molar-refractivity contribution >= 4 is 57.2 Å². The number of alkyl halides is 3. The molecule has 50 heavy (non-hydrogen) atoms. The van der Waals surface area contributed by atoms with Gasteiger partial charge in [0.25, 0.3) is 5.91 Å². The third-order valence-corrected chi connectivity index (χ3v) is 9.74. The van der Waals surface area contributed by atoms with Gasteiger partial charge in [-0.1, -0.05) is 77.8 Å². The number of benzene rings is 4. The molecule has 1 saturated heterocycles. The van der Waals surface area contributed by atoms with Crippen molar-refractivity contribution in [2.45, 2.75) is 25.6 Å². The molecule has 0 unspecified atom stereocenters. The lowest BCUT2D eigenvalue weighted by Gasteiger charge is -2.15. The number of ether oxygens (including phenoxy) is 1. The van der Waals surface area contributed by atoms with Gasteiger partial charge in [0.1, 0.15) is 18.1 Å². The highest BCUT2D eigenvalue weighted by molar-refractivity contribution is 7.92. The van der Waals surface area contributed by atoms with Crippen LogP contribution in [-0.4, -0.2) is 43.2 Å². The van der Waals surface area contributed by atoms with Gasteiger partial charge in [0.15, 0.2) is 0 Å². The van der Waals surface area contributed by atoms with Crippen LogP contribution in [0.15, 0.2) is 97.2 Å². The first kappa shape index (κ1) is 35.1. The maximum absolute atomic E-state index is 12.4. The molecule has 1 aromatic heterocycles. The van der Waals surface area contributed by atoms with Crippen molar-refractivity contribution in [2.75, 3.05) is 17.5 Å². The maximum Gasteiger partial charge on any atom is 0.389 e. The van der Waals surface area contributed by atoms with E-state index in [1.54, 1.807) is 60.7 Å². The average Bonchev–Trinajstić information content (AvgIpc) is 3.59. The van der Waals surface area contributed by atoms with Gasteiger partial charge in [0.2, 0.25) is 0 Å². The standard InChI is InChI=1S/C36H29Cl2F3N4O4S/c37-28-12-15-31(32(38)20-28)33-22-44(21-25-7-13-29(14-8-25)45-23-35(46)43-50(45,47)48)34(42-33)16-9-24-5-10-26(11-6-24)27-3-1-4-30(19-27)49-18-2-17-36(39,40)41/h1,3-16,19-20,22H,2,17-18,21,23H2,(H,43,46)/b16-9+. The normalized spacial score (nSPS) is 14.3. The minimum absolute atomic E-state index is 0.0253. The second-order valence-electron chi connectivity index (χ2n) is 11.5. The van der Waals surface area contributed by atoms with E-state index >= 15 is 0 Å². The fourth-order valence-corrected chi connectivity index (χ4v) is 7.00. The van der Waals surface area contributed by atoms with Crippen LogP contribution in [0.3, 0.4) is 0 Å². The van der Waals surface area contributed by atoms with E-state index in [0.717, 1.165) is 26.6 Å². The lowest BCUT2D eigenvalue weighted by molar-refractivity contribution is -0.136. The van der Waals surface area contributed by atoms with Crippen LogP contribution in [0, 0.1) is 0 Å². The molecule has 0 spiro atoms. The topological polar surface area (TPSA) is 93.5 Å². The number of imidazole rings is 1. The number of rotatable bonds is 11. The Kier molecular flexibility index (Phi) is 10.2. The number of aromatic nitrogens is 2. The molecule has 0 aliphatic carbocycles. The van der Waals surface area contributed by atoms with Crippen molar-refractivity contribution in [3.8, 4) is 28.1 Å². The van der Waals surface area contributed by atoms with Crippen LogP contribution in [0.25, 0.3) is 34.5 Å². The maximum atomic E-state index is 12.4. The van der Waals surface area contributed by atoms with Crippen molar-refractivity contribution in [3.05, 3.63) is 124 Å². The molecule has 258 valence electrons. The summed E-state index contributed by atoms with van der Waals surface area (Å²) in [7, 11) is -3.91. The van der Waals surface area contributed by atoms with Crippen molar-refractivity contribution in [3.63, 3.8) is 0 Å². The van der Waals surface area contributed by atoms with E-state index in [0.29, 0.717) is 45.1 Å². The van der Waals surface area contributed by atoms with E-state index < -0.39 is 28.7 Å². The van der Waals surface area contributed by atoms with Crippen LogP contribution >= 0.6 is 23.2 Å². The number of carbonyl (C=O) groups excluding carboxylic acids is 1. The summed E-state index contributed by atoms with van der Waals surface area (Å²) in [6.07, 6.45) is 0.462. The molecule has 1 fully saturated rings. The van der Waals surface area contributed by atoms with Crippen LogP contribution in [0.2, 0.25) is 10.0 Å². The SMILES string of the molecule is O=C1CN(c2ccc(Cn3cc(-c4ccc(Cl)cc4Cl)nc3/C=C/c3ccc(-c4cccc(OCCCC(F)(F)F)c4)cc3)cc2)S(=O)(=O)N1. The molecule has 6 rings (SSSR count). The summed E-state index contributed by atoms with van der Waals surface area (Å²) in [5.74, 6) is 0.540. The molecule has 0 bridgehead atoms. The van der Waals surface area contributed by atoms with Crippen molar-refractivity contribution in [2.24, 2.45) is 0 Å². The minimum Gasteiger partial charge on any atom is -0.494 e. The summed E-state index contributed by atoms with van der Waals surface area (Å²) in [5.41, 5.74) is 5.24. The molecule has 2 heterocycles. The minimum atomic E-state index is -4.20. The van der Waals surface area contributed by atoms with E-state index in [2.05, 4.69) is 0 Å². The third kappa shape index (κ3) is 8.68. The van der Waals surface area contributed by atoms with Gasteiger partial charge in [0.05, 0.1) is 23.0 Å². The average molecular weight is 742 g/mol. The van der Waals surface area contributed by atoms with E-state index in [-0.39, 0.29) is 19.6 Å². The van der Waals surface area contributed by atoms with Crippen molar-refractivity contribution in [1.82, 2.24) is 14.3 Å². The molecule has 0 saturated carbocycles. The van der Waals surface area contributed by atoms with Gasteiger partial charge in [-0.25, -0.2) is 14.0 Å². The van der Waals surface area contributed by atoms with Crippen LogP contribution in [0.4, 0.5) is 18.9 Å². The van der Waals surface area contributed by atoms with Gasteiger partial charge in [-0.2, -0.15) is 21.6 Å². The van der Waals surface area contributed by atoms with Crippen LogP contribution in [0.5, 0.6) is 5.75 Å². The zero-order valence-electron chi connectivity index (χ0n) is 26.2. The Bertz CT molecular complexity index is 2150. The van der Waals surface area contributed by atoms with Crippen LogP contribution in [0.1, 0.15) is 29.8 Å². The Hall–Kier alpha value is -4.78. The fourth-order valence-electron chi connectivity index (χ4n) is 5.34. The summed E-state index contributed by atoms with van der Waals surface area (Å²) in [6.45, 7) is 0.0949. The first-order chi connectivity index (χ1) is 23.8. The van der Waals surface area contributed by atoms with E-state index in [1.807, 2.05) is 58.0 Å². The van der Waals surface area contributed by atoms with E-state index in [9.17, 15) is 26.4 Å². The van der Waals surface area contributed by atoms with Crippen molar-refractivity contribution in [1.29, 1.82) is 0 Å². The summed E-state index contributed by atoms with van der Waals surface area (Å²) in [5, 5.41) is 0.947. The summed E-state index contributed by atoms with van der Waals surface area (Å²) < 4.78 is 72.3. The fraction of sp³-hybridized carbons (Fsp3) is 0.167. The molecule has 1 aliphatic rings. The Labute approximate surface area is 296 Å². The predicted molar refractivity (Wildman–Crippen MR) is 189 cm³/mol. The van der Waals surface area contributed by atoms with Gasteiger partial charge in [0, 0.05) is 29.7 Å². The molecule has 0 atom stereocenters. The molecule has 0 radical (unpaired) electrons. The smallest absolute Gasteiger partial charge is 0.389 e. The number of hydrogen-bond donors (Lipinski definition) is 1. The Morgan fingerprint density at radius 2 is 1.68 bits per heavy atom. The highest BCUT2D eigenvalue weighted by Crippen LogP contribution is 2.31. The number of nitrogens with zero attached hydrogens (tertiary/aromatic N) is 3. The van der Waals surface area contributed by atoms with E-state index in [4.69, 9.17) is 32.9 Å². The molecule has 5 aromatic rings. The van der Waals surface area contributed by atoms with Gasteiger partial charge < -0.3 is 9.30 Å². The summed E-state index contributed by atoms with van der Waals surface area (Å²) in [4.78, 5) is 16.5. The summed E-state index contributed by atoms with van der Waals surface area (Å²) in [6, 6.07) is 27.0. The van der Waals surface area contributed by atoms with Gasteiger partial charge >= 0.3 is 16.4 Å². The molecule has 1 amide bonds. The number of hydrogen-bond acceptors (Lipinski definition) is 5. The Morgan fingerprint density at radius 3 is 2.36 bits per heavy atom. The highest BCUT2D eigenvalue weighted by atomic mass is 35.5. The third-order valence-electron chi connectivity index (χ3n) is 7.79. The van der Waals surface area contributed by atoms with Gasteiger partial charge in [-0.15, -0.1) is 0 Å². The molecular formula is C36H29Cl2F3N4O4S. The first-order valence-electron chi connectivity index (χ1n) is 15.4. The molecule has 1 N–H and O–H groups in total. The Balaban J connectivity index is 1.21. The van der Waals surface area contributed by atoms with Crippen LogP contribution < -0.4 is 13.8 Å². The number of amides is 1. The number of nitrogens with one attached hydrogen (secondary N) is 1. The van der Waals surface area contributed by atoms with Gasteiger partial charge in [-0.3, -0.25) is 4.79 Å². The molecule has 1 aliphatic heterocycles. The van der Waals surface area contributed by atoms with Gasteiger partial charge in [-0.05, 0) is 77.2 Å². The Morgan fingerprint density at radius 1 is 0.920 bits per heavy atom. The second-order valence-corrected chi connectivity index (χ2v) is 13.9. The monoisotopic (exact) mass is 740 g/mol.